The molecule has 2 aromatic carbocycles. The lowest BCUT2D eigenvalue weighted by Crippen LogP contribution is -2.16. The first-order valence-corrected chi connectivity index (χ1v) is 9.44. The molecule has 0 saturated heterocycles. The number of hydrogen-bond donors (Lipinski definition) is 0. The number of para-hydroxylation sites is 1. The van der Waals surface area contributed by atoms with Gasteiger partial charge in [-0.15, -0.1) is 0 Å². The van der Waals surface area contributed by atoms with Gasteiger partial charge in [0.15, 0.2) is 0 Å². The lowest BCUT2D eigenvalue weighted by Gasteiger charge is -2.08. The van der Waals surface area contributed by atoms with Crippen molar-refractivity contribution in [1.29, 1.82) is 0 Å². The number of rotatable bonds is 6. The Morgan fingerprint density at radius 1 is 0.966 bits per heavy atom. The summed E-state index contributed by atoms with van der Waals surface area (Å²) in [5.74, 6) is -1.09. The van der Waals surface area contributed by atoms with Gasteiger partial charge in [-0.1, -0.05) is 29.8 Å². The van der Waals surface area contributed by atoms with E-state index in [1.54, 1.807) is 35.8 Å². The number of nitrogens with zero attached hydrogens (tertiary/aromatic N) is 1. The van der Waals surface area contributed by atoms with Crippen LogP contribution in [0.2, 0.25) is 5.02 Å². The minimum atomic E-state index is -0.456. The van der Waals surface area contributed by atoms with Gasteiger partial charge in [-0.05, 0) is 42.8 Å². The predicted molar refractivity (Wildman–Crippen MR) is 109 cm³/mol. The average Bonchev–Trinajstić information content (AvgIpc) is 2.97. The number of ether oxygens (including phenoxy) is 2. The van der Waals surface area contributed by atoms with Gasteiger partial charge in [0, 0.05) is 28.6 Å². The monoisotopic (exact) mass is 413 g/mol. The van der Waals surface area contributed by atoms with Gasteiger partial charge in [-0.2, -0.15) is 0 Å². The molecular weight excluding hydrogens is 394 g/mol. The zero-order valence-corrected chi connectivity index (χ0v) is 16.9. The Balaban J connectivity index is 1.88. The molecule has 7 heteroatoms. The van der Waals surface area contributed by atoms with Gasteiger partial charge in [0.25, 0.3) is 5.91 Å². The standard InChI is InChI=1S/C22H20ClNO5/c1-14-19(13-21(26)29-12-11-28-15(2)25)18-5-3-4-6-20(18)24(14)22(27)16-7-9-17(23)10-8-16/h3-10H,11-13H2,1-2H3. The molecule has 150 valence electrons. The minimum Gasteiger partial charge on any atom is -0.462 e. The van der Waals surface area contributed by atoms with Crippen LogP contribution in [0.15, 0.2) is 48.5 Å². The molecule has 1 aromatic heterocycles. The summed E-state index contributed by atoms with van der Waals surface area (Å²) in [6, 6.07) is 14.1. The van der Waals surface area contributed by atoms with E-state index in [2.05, 4.69) is 0 Å². The van der Waals surface area contributed by atoms with Gasteiger partial charge in [-0.25, -0.2) is 0 Å². The second-order valence-electron chi connectivity index (χ2n) is 6.47. The number of carbonyl (C=O) groups is 3. The highest BCUT2D eigenvalue weighted by Gasteiger charge is 2.21. The molecule has 0 unspecified atom stereocenters. The van der Waals surface area contributed by atoms with Gasteiger partial charge in [0.05, 0.1) is 11.9 Å². The number of carbonyl (C=O) groups excluding carboxylic acids is 3. The first-order valence-electron chi connectivity index (χ1n) is 9.06. The van der Waals surface area contributed by atoms with E-state index in [1.807, 2.05) is 24.3 Å². The Morgan fingerprint density at radius 2 is 1.62 bits per heavy atom. The van der Waals surface area contributed by atoms with Crippen molar-refractivity contribution in [3.05, 3.63) is 70.4 Å². The fourth-order valence-electron chi connectivity index (χ4n) is 3.18. The molecule has 0 spiro atoms. The normalized spacial score (nSPS) is 10.7. The molecule has 0 radical (unpaired) electrons. The van der Waals surface area contributed by atoms with Crippen molar-refractivity contribution in [2.24, 2.45) is 0 Å². The summed E-state index contributed by atoms with van der Waals surface area (Å²) in [5, 5.41) is 1.36. The largest absolute Gasteiger partial charge is 0.462 e. The van der Waals surface area contributed by atoms with Gasteiger partial charge < -0.3 is 9.47 Å². The minimum absolute atomic E-state index is 0.00726. The lowest BCUT2D eigenvalue weighted by molar-refractivity contribution is -0.150. The van der Waals surface area contributed by atoms with Crippen LogP contribution >= 0.6 is 11.6 Å². The van der Waals surface area contributed by atoms with E-state index in [0.717, 1.165) is 10.9 Å². The molecule has 3 aromatic rings. The van der Waals surface area contributed by atoms with Crippen LogP contribution < -0.4 is 0 Å². The predicted octanol–water partition coefficient (Wildman–Crippen LogP) is 3.94. The molecule has 0 fully saturated rings. The van der Waals surface area contributed by atoms with Crippen molar-refractivity contribution in [2.45, 2.75) is 20.3 Å². The average molecular weight is 414 g/mol. The van der Waals surface area contributed by atoms with Gasteiger partial charge in [0.1, 0.15) is 13.2 Å². The summed E-state index contributed by atoms with van der Waals surface area (Å²) >= 11 is 5.92. The summed E-state index contributed by atoms with van der Waals surface area (Å²) in [6.07, 6.45) is 0.00726. The van der Waals surface area contributed by atoms with E-state index >= 15 is 0 Å². The third-order valence-electron chi connectivity index (χ3n) is 4.51. The third-order valence-corrected chi connectivity index (χ3v) is 4.76. The summed E-state index contributed by atoms with van der Waals surface area (Å²) in [6.45, 7) is 3.09. The second kappa shape index (κ2) is 8.92. The van der Waals surface area contributed by atoms with Crippen LogP contribution in [0, 0.1) is 6.92 Å². The molecule has 6 nitrogen and oxygen atoms in total. The molecule has 0 amide bonds. The first-order chi connectivity index (χ1) is 13.9. The van der Waals surface area contributed by atoms with Crippen molar-refractivity contribution in [2.75, 3.05) is 13.2 Å². The van der Waals surface area contributed by atoms with Crippen LogP contribution in [0.1, 0.15) is 28.5 Å². The number of aromatic nitrogens is 1. The Labute approximate surface area is 173 Å². The van der Waals surface area contributed by atoms with Crippen molar-refractivity contribution < 1.29 is 23.9 Å². The molecule has 0 saturated carbocycles. The summed E-state index contributed by atoms with van der Waals surface area (Å²) in [5.41, 5.74) is 2.60. The summed E-state index contributed by atoms with van der Waals surface area (Å²) < 4.78 is 11.5. The maximum absolute atomic E-state index is 13.1. The number of fused-ring (bicyclic) bond motifs is 1. The van der Waals surface area contributed by atoms with Crippen molar-refractivity contribution >= 4 is 40.3 Å². The van der Waals surface area contributed by atoms with E-state index in [9.17, 15) is 14.4 Å². The molecule has 3 rings (SSSR count). The van der Waals surface area contributed by atoms with Crippen LogP contribution in [0.4, 0.5) is 0 Å². The SMILES string of the molecule is CC(=O)OCCOC(=O)Cc1c(C)n(C(=O)c2ccc(Cl)cc2)c2ccccc12. The Hall–Kier alpha value is -3.12. The number of benzene rings is 2. The summed E-state index contributed by atoms with van der Waals surface area (Å²) in [7, 11) is 0. The lowest BCUT2D eigenvalue weighted by atomic mass is 10.1. The highest BCUT2D eigenvalue weighted by atomic mass is 35.5. The summed E-state index contributed by atoms with van der Waals surface area (Å²) in [4.78, 5) is 36.2. The van der Waals surface area contributed by atoms with Gasteiger partial charge in [0.2, 0.25) is 0 Å². The smallest absolute Gasteiger partial charge is 0.310 e. The van der Waals surface area contributed by atoms with Crippen LogP contribution in [0.25, 0.3) is 10.9 Å². The Morgan fingerprint density at radius 3 is 2.31 bits per heavy atom. The number of halogens is 1. The van der Waals surface area contributed by atoms with Gasteiger partial charge >= 0.3 is 11.9 Å². The molecule has 0 bridgehead atoms. The third kappa shape index (κ3) is 4.66. The fourth-order valence-corrected chi connectivity index (χ4v) is 3.30. The molecule has 0 N–H and O–H groups in total. The molecule has 0 atom stereocenters. The Kier molecular flexibility index (Phi) is 6.34. The second-order valence-corrected chi connectivity index (χ2v) is 6.90. The van der Waals surface area contributed by atoms with E-state index in [-0.39, 0.29) is 25.5 Å². The highest BCUT2D eigenvalue weighted by Crippen LogP contribution is 2.27. The fraction of sp³-hybridized carbons (Fsp3) is 0.227. The van der Waals surface area contributed by atoms with E-state index in [1.165, 1.54) is 6.92 Å². The molecule has 0 aliphatic carbocycles. The molecule has 1 heterocycles. The van der Waals surface area contributed by atoms with Crippen LogP contribution in [0.3, 0.4) is 0 Å². The van der Waals surface area contributed by atoms with Crippen molar-refractivity contribution in [1.82, 2.24) is 4.57 Å². The topological polar surface area (TPSA) is 74.6 Å². The van der Waals surface area contributed by atoms with Crippen molar-refractivity contribution in [3.8, 4) is 0 Å². The maximum atomic E-state index is 13.1. The molecule has 0 aliphatic rings. The van der Waals surface area contributed by atoms with E-state index in [4.69, 9.17) is 21.1 Å². The quantitative estimate of drug-likeness (QED) is 0.452. The van der Waals surface area contributed by atoms with Gasteiger partial charge in [-0.3, -0.25) is 19.0 Å². The Bertz CT molecular complexity index is 1070. The van der Waals surface area contributed by atoms with Crippen LogP contribution in [0.5, 0.6) is 0 Å². The van der Waals surface area contributed by atoms with Crippen LogP contribution in [-0.4, -0.2) is 35.6 Å². The zero-order valence-electron chi connectivity index (χ0n) is 16.1. The zero-order chi connectivity index (χ0) is 21.0. The molecule has 0 aliphatic heterocycles. The van der Waals surface area contributed by atoms with E-state index in [0.29, 0.717) is 21.8 Å². The van der Waals surface area contributed by atoms with E-state index < -0.39 is 11.9 Å². The molecular formula is C22H20ClNO5. The maximum Gasteiger partial charge on any atom is 0.310 e. The van der Waals surface area contributed by atoms with Crippen molar-refractivity contribution in [3.63, 3.8) is 0 Å². The number of hydrogen-bond acceptors (Lipinski definition) is 5. The van der Waals surface area contributed by atoms with Crippen LogP contribution in [-0.2, 0) is 25.5 Å². The highest BCUT2D eigenvalue weighted by molar-refractivity contribution is 6.30. The first kappa shape index (κ1) is 20.6. The number of esters is 2. The molecule has 29 heavy (non-hydrogen) atoms.